The molecule has 0 aliphatic heterocycles. The van der Waals surface area contributed by atoms with Gasteiger partial charge in [0.05, 0.1) is 19.4 Å². The van der Waals surface area contributed by atoms with E-state index in [0.29, 0.717) is 17.9 Å². The number of esters is 1. The second-order valence-electron chi connectivity index (χ2n) is 4.37. The molecule has 1 aromatic carbocycles. The largest absolute Gasteiger partial charge is 0.497 e. The quantitative estimate of drug-likeness (QED) is 0.412. The van der Waals surface area contributed by atoms with Crippen LogP contribution in [0.2, 0.25) is 0 Å². The number of ether oxygens (including phenoxy) is 2. The number of nitrogens with zero attached hydrogens (tertiary/aromatic N) is 1. The van der Waals surface area contributed by atoms with Gasteiger partial charge in [0.15, 0.2) is 0 Å². The van der Waals surface area contributed by atoms with Crippen LogP contribution in [0.15, 0.2) is 29.4 Å². The summed E-state index contributed by atoms with van der Waals surface area (Å²) in [5.74, 6) is -0.748. The molecular formula is C15H20N2O5. The molecule has 0 aliphatic rings. The van der Waals surface area contributed by atoms with Gasteiger partial charge < -0.3 is 14.6 Å². The van der Waals surface area contributed by atoms with E-state index < -0.39 is 11.9 Å². The van der Waals surface area contributed by atoms with Crippen LogP contribution in [0.4, 0.5) is 5.69 Å². The van der Waals surface area contributed by atoms with Crippen LogP contribution in [-0.4, -0.2) is 36.5 Å². The Hall–Kier alpha value is -2.57. The highest BCUT2D eigenvalue weighted by Gasteiger charge is 2.13. The van der Waals surface area contributed by atoms with Gasteiger partial charge in [-0.05, 0) is 44.0 Å². The van der Waals surface area contributed by atoms with Crippen LogP contribution in [0.5, 0.6) is 5.75 Å². The minimum atomic E-state index is -0.911. The van der Waals surface area contributed by atoms with Crippen LogP contribution in [-0.2, 0) is 14.3 Å². The van der Waals surface area contributed by atoms with Crippen LogP contribution in [0.3, 0.4) is 0 Å². The first kappa shape index (κ1) is 17.5. The first-order chi connectivity index (χ1) is 10.6. The molecule has 0 fully saturated rings. The van der Waals surface area contributed by atoms with Crippen LogP contribution < -0.4 is 10.2 Å². The van der Waals surface area contributed by atoms with Gasteiger partial charge >= 0.3 is 11.9 Å². The smallest absolute Gasteiger partial charge is 0.354 e. The molecule has 22 heavy (non-hydrogen) atoms. The summed E-state index contributed by atoms with van der Waals surface area (Å²) in [6.07, 6.45) is 0.520. The normalized spacial score (nSPS) is 10.9. The number of benzene rings is 1. The monoisotopic (exact) mass is 308 g/mol. The molecular weight excluding hydrogens is 288 g/mol. The predicted molar refractivity (Wildman–Crippen MR) is 82.2 cm³/mol. The summed E-state index contributed by atoms with van der Waals surface area (Å²) in [5.41, 5.74) is 3.60. The van der Waals surface area contributed by atoms with Crippen molar-refractivity contribution >= 4 is 23.3 Å². The summed E-state index contributed by atoms with van der Waals surface area (Å²) in [7, 11) is 1.57. The van der Waals surface area contributed by atoms with Gasteiger partial charge in [-0.25, -0.2) is 4.79 Å². The summed E-state index contributed by atoms with van der Waals surface area (Å²) in [6, 6.07) is 7.02. The van der Waals surface area contributed by atoms with Crippen LogP contribution >= 0.6 is 0 Å². The van der Waals surface area contributed by atoms with E-state index in [4.69, 9.17) is 14.6 Å². The highest BCUT2D eigenvalue weighted by Crippen LogP contribution is 2.15. The second kappa shape index (κ2) is 9.38. The maximum Gasteiger partial charge on any atom is 0.354 e. The van der Waals surface area contributed by atoms with E-state index >= 15 is 0 Å². The topological polar surface area (TPSA) is 97.2 Å². The van der Waals surface area contributed by atoms with Gasteiger partial charge in [0.1, 0.15) is 11.5 Å². The molecule has 0 aromatic heterocycles. The van der Waals surface area contributed by atoms with Crippen molar-refractivity contribution in [3.63, 3.8) is 0 Å². The zero-order valence-corrected chi connectivity index (χ0v) is 12.7. The summed E-state index contributed by atoms with van der Waals surface area (Å²) < 4.78 is 9.96. The number of carboxylic acids is 1. The highest BCUT2D eigenvalue weighted by atomic mass is 16.5. The Balaban J connectivity index is 2.70. The molecule has 1 aromatic rings. The Morgan fingerprint density at radius 2 is 1.91 bits per heavy atom. The number of rotatable bonds is 9. The molecule has 0 amide bonds. The van der Waals surface area contributed by atoms with Crippen molar-refractivity contribution < 1.29 is 24.2 Å². The zero-order chi connectivity index (χ0) is 16.4. The van der Waals surface area contributed by atoms with Crippen molar-refractivity contribution in [2.45, 2.75) is 26.2 Å². The molecule has 0 unspecified atom stereocenters. The molecule has 0 aliphatic carbocycles. The third kappa shape index (κ3) is 6.25. The highest BCUT2D eigenvalue weighted by molar-refractivity contribution is 6.36. The van der Waals surface area contributed by atoms with Crippen LogP contribution in [0.25, 0.3) is 0 Å². The van der Waals surface area contributed by atoms with Gasteiger partial charge in [0, 0.05) is 6.42 Å². The Kier molecular flexibility index (Phi) is 7.45. The van der Waals surface area contributed by atoms with Crippen LogP contribution in [0, 0.1) is 0 Å². The molecule has 0 saturated carbocycles. The maximum absolute atomic E-state index is 11.8. The van der Waals surface area contributed by atoms with Crippen molar-refractivity contribution in [3.05, 3.63) is 24.3 Å². The lowest BCUT2D eigenvalue weighted by Crippen LogP contribution is -2.19. The van der Waals surface area contributed by atoms with Crippen molar-refractivity contribution in [2.75, 3.05) is 19.1 Å². The number of carbonyl (C=O) groups excluding carboxylic acids is 1. The molecule has 120 valence electrons. The first-order valence-electron chi connectivity index (χ1n) is 6.92. The molecule has 0 saturated heterocycles. The van der Waals surface area contributed by atoms with Crippen molar-refractivity contribution in [1.82, 2.24) is 0 Å². The minimum Gasteiger partial charge on any atom is -0.497 e. The standard InChI is InChI=1S/C15H20N2O5/c1-3-22-15(20)13(5-4-6-14(18)19)17-16-11-7-9-12(21-2)10-8-11/h7-10,16H,3-6H2,1-2H3,(H,18,19)/b17-13+. The number of hydrazone groups is 1. The molecule has 7 heteroatoms. The Labute approximate surface area is 128 Å². The minimum absolute atomic E-state index is 0.0268. The molecule has 2 N–H and O–H groups in total. The second-order valence-corrected chi connectivity index (χ2v) is 4.37. The van der Waals surface area contributed by atoms with E-state index in [1.165, 1.54) is 0 Å². The van der Waals surface area contributed by atoms with E-state index in [1.807, 2.05) is 0 Å². The lowest BCUT2D eigenvalue weighted by atomic mass is 10.1. The lowest BCUT2D eigenvalue weighted by molar-refractivity contribution is -0.137. The fraction of sp³-hybridized carbons (Fsp3) is 0.400. The molecule has 7 nitrogen and oxygen atoms in total. The molecule has 0 radical (unpaired) electrons. The van der Waals surface area contributed by atoms with Crippen molar-refractivity contribution in [3.8, 4) is 5.75 Å². The Morgan fingerprint density at radius 3 is 2.45 bits per heavy atom. The number of nitrogens with one attached hydrogen (secondary N) is 1. The Bertz CT molecular complexity index is 525. The third-order valence-electron chi connectivity index (χ3n) is 2.73. The number of hydrogen-bond acceptors (Lipinski definition) is 6. The number of aliphatic carboxylic acids is 1. The molecule has 0 bridgehead atoms. The molecule has 0 spiro atoms. The number of carboxylic acid groups (broad SMARTS) is 1. The van der Waals surface area contributed by atoms with E-state index in [1.54, 1.807) is 38.3 Å². The average molecular weight is 308 g/mol. The summed E-state index contributed by atoms with van der Waals surface area (Å²) in [4.78, 5) is 22.3. The lowest BCUT2D eigenvalue weighted by Gasteiger charge is -2.07. The zero-order valence-electron chi connectivity index (χ0n) is 12.7. The van der Waals surface area contributed by atoms with Gasteiger partial charge in [0.2, 0.25) is 0 Å². The molecule has 0 heterocycles. The Morgan fingerprint density at radius 1 is 1.23 bits per heavy atom. The third-order valence-corrected chi connectivity index (χ3v) is 2.73. The van der Waals surface area contributed by atoms with Gasteiger partial charge in [-0.2, -0.15) is 5.10 Å². The van der Waals surface area contributed by atoms with Gasteiger partial charge in [-0.15, -0.1) is 0 Å². The van der Waals surface area contributed by atoms with E-state index in [9.17, 15) is 9.59 Å². The van der Waals surface area contributed by atoms with Gasteiger partial charge in [-0.3, -0.25) is 10.2 Å². The van der Waals surface area contributed by atoms with E-state index in [-0.39, 0.29) is 25.2 Å². The van der Waals surface area contributed by atoms with Gasteiger partial charge in [0.25, 0.3) is 0 Å². The number of methoxy groups -OCH3 is 1. The molecule has 1 rings (SSSR count). The van der Waals surface area contributed by atoms with Crippen molar-refractivity contribution in [2.24, 2.45) is 5.10 Å². The van der Waals surface area contributed by atoms with E-state index in [2.05, 4.69) is 10.5 Å². The number of carbonyl (C=O) groups is 2. The summed E-state index contributed by atoms with van der Waals surface area (Å²) >= 11 is 0. The fourth-order valence-electron chi connectivity index (χ4n) is 1.62. The van der Waals surface area contributed by atoms with Crippen molar-refractivity contribution in [1.29, 1.82) is 0 Å². The van der Waals surface area contributed by atoms with Gasteiger partial charge in [-0.1, -0.05) is 0 Å². The maximum atomic E-state index is 11.8. The number of hydrogen-bond donors (Lipinski definition) is 2. The molecule has 0 atom stereocenters. The first-order valence-corrected chi connectivity index (χ1v) is 6.92. The summed E-state index contributed by atoms with van der Waals surface area (Å²) in [5, 5.41) is 12.7. The summed E-state index contributed by atoms with van der Waals surface area (Å²) in [6.45, 7) is 1.93. The fourth-order valence-corrected chi connectivity index (χ4v) is 1.62. The van der Waals surface area contributed by atoms with E-state index in [0.717, 1.165) is 0 Å². The predicted octanol–water partition coefficient (Wildman–Crippen LogP) is 2.28. The SMILES string of the molecule is CCOC(=O)/C(CCCC(=O)O)=N/Nc1ccc(OC)cc1. The van der Waals surface area contributed by atoms with Crippen LogP contribution in [0.1, 0.15) is 26.2 Å². The average Bonchev–Trinajstić information content (AvgIpc) is 2.51. The number of anilines is 1.